The third-order valence-electron chi connectivity index (χ3n) is 4.51. The number of ether oxygens (including phenoxy) is 2. The van der Waals surface area contributed by atoms with E-state index in [9.17, 15) is 9.59 Å². The van der Waals surface area contributed by atoms with Crippen LogP contribution >= 0.6 is 0 Å². The number of para-hydroxylation sites is 1. The molecule has 0 atom stereocenters. The van der Waals surface area contributed by atoms with E-state index in [1.165, 1.54) is 13.2 Å². The molecule has 8 heteroatoms. The predicted molar refractivity (Wildman–Crippen MR) is 96.0 cm³/mol. The molecule has 1 aliphatic heterocycles. The van der Waals surface area contributed by atoms with E-state index in [0.717, 1.165) is 24.5 Å². The molecule has 0 unspecified atom stereocenters. The summed E-state index contributed by atoms with van der Waals surface area (Å²) in [6, 6.07) is 7.46. The van der Waals surface area contributed by atoms with E-state index in [1.54, 1.807) is 12.0 Å². The van der Waals surface area contributed by atoms with Crippen LogP contribution in [-0.4, -0.2) is 54.2 Å². The summed E-state index contributed by atoms with van der Waals surface area (Å²) in [6.45, 7) is 1.13. The lowest BCUT2D eigenvalue weighted by Gasteiger charge is -2.29. The molecule has 3 rings (SSSR count). The zero-order valence-electron chi connectivity index (χ0n) is 15.3. The predicted octanol–water partition coefficient (Wildman–Crippen LogP) is 2.18. The van der Waals surface area contributed by atoms with Crippen LogP contribution in [0.25, 0.3) is 11.5 Å². The third kappa shape index (κ3) is 4.33. The van der Waals surface area contributed by atoms with Crippen molar-refractivity contribution in [3.05, 3.63) is 42.2 Å². The fourth-order valence-corrected chi connectivity index (χ4v) is 3.00. The van der Waals surface area contributed by atoms with Crippen molar-refractivity contribution < 1.29 is 23.6 Å². The number of carbonyl (C=O) groups is 2. The van der Waals surface area contributed by atoms with Crippen LogP contribution in [0.1, 0.15) is 24.6 Å². The minimum absolute atomic E-state index is 0.117. The first kappa shape index (κ1) is 18.6. The summed E-state index contributed by atoms with van der Waals surface area (Å²) in [4.78, 5) is 29.4. The molecule has 0 bridgehead atoms. The van der Waals surface area contributed by atoms with Gasteiger partial charge in [-0.1, -0.05) is 17.3 Å². The second-order valence-corrected chi connectivity index (χ2v) is 6.11. The summed E-state index contributed by atoms with van der Waals surface area (Å²) < 4.78 is 15.2. The summed E-state index contributed by atoms with van der Waals surface area (Å²) >= 11 is 0. The molecule has 27 heavy (non-hydrogen) atoms. The number of rotatable bonds is 5. The first-order valence-corrected chi connectivity index (χ1v) is 8.64. The number of amides is 1. The second-order valence-electron chi connectivity index (χ2n) is 6.11. The Balaban J connectivity index is 1.62. The molecular weight excluding hydrogens is 350 g/mol. The molecule has 0 aliphatic carbocycles. The zero-order chi connectivity index (χ0) is 19.2. The Bertz CT molecular complexity index is 837. The molecule has 1 amide bonds. The topological polar surface area (TPSA) is 94.8 Å². The number of methoxy groups -OCH3 is 2. The summed E-state index contributed by atoms with van der Waals surface area (Å²) in [5.74, 6) is 1.09. The van der Waals surface area contributed by atoms with Gasteiger partial charge in [0.1, 0.15) is 5.75 Å². The van der Waals surface area contributed by atoms with Crippen molar-refractivity contribution >= 4 is 11.9 Å². The molecule has 0 radical (unpaired) electrons. The summed E-state index contributed by atoms with van der Waals surface area (Å²) in [6.07, 6.45) is 3.82. The average molecular weight is 371 g/mol. The van der Waals surface area contributed by atoms with E-state index in [2.05, 4.69) is 14.9 Å². The first-order valence-electron chi connectivity index (χ1n) is 8.64. The molecule has 0 saturated carbocycles. The lowest BCUT2D eigenvalue weighted by Crippen LogP contribution is -2.37. The van der Waals surface area contributed by atoms with Gasteiger partial charge in [-0.25, -0.2) is 4.79 Å². The van der Waals surface area contributed by atoms with Crippen molar-refractivity contribution in [2.45, 2.75) is 18.8 Å². The number of benzene rings is 1. The van der Waals surface area contributed by atoms with E-state index >= 15 is 0 Å². The van der Waals surface area contributed by atoms with Gasteiger partial charge in [-0.2, -0.15) is 4.98 Å². The molecule has 142 valence electrons. The number of nitrogens with zero attached hydrogens (tertiary/aromatic N) is 3. The quantitative estimate of drug-likeness (QED) is 0.587. The zero-order valence-corrected chi connectivity index (χ0v) is 15.3. The van der Waals surface area contributed by atoms with Gasteiger partial charge in [-0.3, -0.25) is 4.79 Å². The number of aromatic nitrogens is 2. The number of esters is 1. The van der Waals surface area contributed by atoms with Crippen molar-refractivity contribution in [1.29, 1.82) is 0 Å². The van der Waals surface area contributed by atoms with Gasteiger partial charge in [0.05, 0.1) is 19.8 Å². The number of piperidine rings is 1. The van der Waals surface area contributed by atoms with Crippen LogP contribution in [-0.2, 0) is 14.3 Å². The molecule has 1 aromatic heterocycles. The number of hydrogen-bond acceptors (Lipinski definition) is 7. The second kappa shape index (κ2) is 8.48. The fraction of sp³-hybridized carbons (Fsp3) is 0.368. The van der Waals surface area contributed by atoms with E-state index in [1.807, 2.05) is 24.3 Å². The van der Waals surface area contributed by atoms with Crippen molar-refractivity contribution in [3.8, 4) is 17.2 Å². The van der Waals surface area contributed by atoms with Gasteiger partial charge in [0.2, 0.25) is 5.91 Å². The van der Waals surface area contributed by atoms with Gasteiger partial charge in [-0.05, 0) is 25.0 Å². The highest BCUT2D eigenvalue weighted by atomic mass is 16.5. The number of hydrogen-bond donors (Lipinski definition) is 0. The van der Waals surface area contributed by atoms with Crippen LogP contribution in [0.4, 0.5) is 0 Å². The molecule has 1 aromatic carbocycles. The van der Waals surface area contributed by atoms with Crippen LogP contribution in [0.5, 0.6) is 5.75 Å². The maximum Gasteiger partial charge on any atom is 0.330 e. The molecule has 0 spiro atoms. The lowest BCUT2D eigenvalue weighted by atomic mass is 9.96. The largest absolute Gasteiger partial charge is 0.496 e. The maximum atomic E-state index is 12.1. The van der Waals surface area contributed by atoms with Crippen LogP contribution < -0.4 is 4.74 Å². The normalized spacial score (nSPS) is 15.1. The molecule has 1 saturated heterocycles. The van der Waals surface area contributed by atoms with Crippen LogP contribution in [0.3, 0.4) is 0 Å². The van der Waals surface area contributed by atoms with Gasteiger partial charge >= 0.3 is 5.97 Å². The van der Waals surface area contributed by atoms with Gasteiger partial charge in [0.25, 0.3) is 5.89 Å². The Hall–Kier alpha value is -3.16. The van der Waals surface area contributed by atoms with Crippen LogP contribution in [0.2, 0.25) is 0 Å². The van der Waals surface area contributed by atoms with E-state index in [-0.39, 0.29) is 11.8 Å². The number of likely N-dealkylation sites (tertiary alicyclic amines) is 1. The van der Waals surface area contributed by atoms with Crippen LogP contribution in [0.15, 0.2) is 40.9 Å². The summed E-state index contributed by atoms with van der Waals surface area (Å²) in [7, 11) is 2.87. The van der Waals surface area contributed by atoms with Crippen molar-refractivity contribution in [3.63, 3.8) is 0 Å². The summed E-state index contributed by atoms with van der Waals surface area (Å²) in [5, 5.41) is 4.11. The van der Waals surface area contributed by atoms with Gasteiger partial charge in [0.15, 0.2) is 5.82 Å². The van der Waals surface area contributed by atoms with Gasteiger partial charge < -0.3 is 18.9 Å². The molecular formula is C19H21N3O5. The van der Waals surface area contributed by atoms with Crippen molar-refractivity contribution in [2.24, 2.45) is 0 Å². The Labute approximate surface area is 156 Å². The maximum absolute atomic E-state index is 12.1. The molecule has 2 heterocycles. The Morgan fingerprint density at radius 3 is 2.63 bits per heavy atom. The van der Waals surface area contributed by atoms with Crippen molar-refractivity contribution in [1.82, 2.24) is 15.0 Å². The molecule has 2 aromatic rings. The van der Waals surface area contributed by atoms with Gasteiger partial charge in [-0.15, -0.1) is 0 Å². The minimum Gasteiger partial charge on any atom is -0.496 e. The SMILES string of the molecule is COC(=O)/C=C/C(=O)N1CCC(c2noc(-c3ccccc3OC)n2)CC1. The smallest absolute Gasteiger partial charge is 0.330 e. The Kier molecular flexibility index (Phi) is 5.85. The van der Waals surface area contributed by atoms with Crippen LogP contribution in [0, 0.1) is 0 Å². The minimum atomic E-state index is -0.547. The Morgan fingerprint density at radius 2 is 1.93 bits per heavy atom. The first-order chi connectivity index (χ1) is 13.1. The lowest BCUT2D eigenvalue weighted by molar-refractivity contribution is -0.135. The van der Waals surface area contributed by atoms with E-state index < -0.39 is 5.97 Å². The third-order valence-corrected chi connectivity index (χ3v) is 4.51. The standard InChI is InChI=1S/C19H21N3O5/c1-25-15-6-4-3-5-14(15)19-20-18(21-27-19)13-9-11-22(12-10-13)16(23)7-8-17(24)26-2/h3-8,13H,9-12H2,1-2H3/b8-7+. The Morgan fingerprint density at radius 1 is 1.19 bits per heavy atom. The average Bonchev–Trinajstić information content (AvgIpc) is 3.21. The molecule has 1 fully saturated rings. The summed E-state index contributed by atoms with van der Waals surface area (Å²) in [5.41, 5.74) is 0.749. The fourth-order valence-electron chi connectivity index (χ4n) is 3.00. The van der Waals surface area contributed by atoms with Crippen molar-refractivity contribution in [2.75, 3.05) is 27.3 Å². The highest BCUT2D eigenvalue weighted by Gasteiger charge is 2.27. The number of carbonyl (C=O) groups excluding carboxylic acids is 2. The van der Waals surface area contributed by atoms with Gasteiger partial charge in [0, 0.05) is 31.2 Å². The highest BCUT2D eigenvalue weighted by Crippen LogP contribution is 2.31. The monoisotopic (exact) mass is 371 g/mol. The molecule has 1 aliphatic rings. The molecule has 8 nitrogen and oxygen atoms in total. The van der Waals surface area contributed by atoms with E-state index in [4.69, 9.17) is 9.26 Å². The van der Waals surface area contributed by atoms with E-state index in [0.29, 0.717) is 30.6 Å². The molecule has 0 N–H and O–H groups in total. The highest BCUT2D eigenvalue weighted by molar-refractivity contribution is 5.94.